The molecule has 0 aliphatic carbocycles. The average Bonchev–Trinajstić information content (AvgIpc) is 2.94. The van der Waals surface area contributed by atoms with Crippen LogP contribution in [0.3, 0.4) is 0 Å². The first-order valence-corrected chi connectivity index (χ1v) is 14.8. The number of carbonyl (C=O) groups is 1. The van der Waals surface area contributed by atoms with Crippen LogP contribution in [0.1, 0.15) is 55.7 Å². The second-order valence-electron chi connectivity index (χ2n) is 11.6. The minimum atomic E-state index is -2.68. The Morgan fingerprint density at radius 3 is 2.54 bits per heavy atom. The molecular weight excluding hydrogens is 526 g/mol. The molecule has 0 radical (unpaired) electrons. The Bertz CT molecular complexity index is 1200. The Morgan fingerprint density at radius 2 is 1.93 bits per heavy atom. The molecule has 4 aliphatic heterocycles. The normalized spacial score (nSPS) is 22.3. The number of alkyl halides is 2. The van der Waals surface area contributed by atoms with Crippen molar-refractivity contribution in [1.29, 1.82) is 0 Å². The molecule has 224 valence electrons. The molecule has 6 N–H and O–H groups in total. The van der Waals surface area contributed by atoms with E-state index >= 15 is 0 Å². The van der Waals surface area contributed by atoms with Gasteiger partial charge in [-0.2, -0.15) is 0 Å². The van der Waals surface area contributed by atoms with E-state index < -0.39 is 12.6 Å². The third-order valence-corrected chi connectivity index (χ3v) is 9.10. The predicted molar refractivity (Wildman–Crippen MR) is 160 cm³/mol. The molecule has 2 saturated heterocycles. The lowest BCUT2D eigenvalue weighted by Gasteiger charge is -2.44. The Kier molecular flexibility index (Phi) is 9.25. The van der Waals surface area contributed by atoms with Crippen molar-refractivity contribution in [3.05, 3.63) is 46.3 Å². The second kappa shape index (κ2) is 12.9. The van der Waals surface area contributed by atoms with Gasteiger partial charge in [0.05, 0.1) is 0 Å². The fourth-order valence-electron chi connectivity index (χ4n) is 6.61. The van der Waals surface area contributed by atoms with Crippen LogP contribution in [0, 0.1) is 0 Å². The molecule has 0 spiro atoms. The van der Waals surface area contributed by atoms with E-state index in [-0.39, 0.29) is 11.5 Å². The summed E-state index contributed by atoms with van der Waals surface area (Å²) in [6.07, 6.45) is 4.03. The molecule has 41 heavy (non-hydrogen) atoms. The standard InChI is InChI=1S/C30H44F2N8O/c1-19(41)39-11-7-27(37-22-5-9-38(10-6-22)23-16-36-17-23)26(18-39)30(34)40-8-3-4-20-12-24(21(14-33)15-35-2)25(29(31)32)13-28(20)40/h12-15,22-23,29-30,36-37H,3-11,16-18,33-34H2,1-2H3. The van der Waals surface area contributed by atoms with Crippen molar-refractivity contribution in [1.82, 2.24) is 20.4 Å². The van der Waals surface area contributed by atoms with Crippen LogP contribution in [0.5, 0.6) is 0 Å². The van der Waals surface area contributed by atoms with E-state index in [9.17, 15) is 13.6 Å². The highest BCUT2D eigenvalue weighted by Crippen LogP contribution is 2.38. The summed E-state index contributed by atoms with van der Waals surface area (Å²) in [4.78, 5) is 22.8. The Morgan fingerprint density at radius 1 is 1.17 bits per heavy atom. The van der Waals surface area contributed by atoms with Crippen LogP contribution in [0.2, 0.25) is 0 Å². The number of anilines is 1. The van der Waals surface area contributed by atoms with E-state index in [2.05, 4.69) is 20.5 Å². The number of carbonyl (C=O) groups excluding carboxylic acids is 1. The first-order chi connectivity index (χ1) is 19.8. The maximum Gasteiger partial charge on any atom is 0.264 e. The van der Waals surface area contributed by atoms with Gasteiger partial charge < -0.3 is 31.9 Å². The van der Waals surface area contributed by atoms with Crippen molar-refractivity contribution in [2.75, 3.05) is 57.8 Å². The van der Waals surface area contributed by atoms with Crippen LogP contribution < -0.4 is 27.0 Å². The van der Waals surface area contributed by atoms with Crippen molar-refractivity contribution >= 4 is 23.4 Å². The number of nitrogens with one attached hydrogen (secondary N) is 2. The Balaban J connectivity index is 1.43. The van der Waals surface area contributed by atoms with Gasteiger partial charge >= 0.3 is 0 Å². The van der Waals surface area contributed by atoms with Gasteiger partial charge in [-0.1, -0.05) is 0 Å². The van der Waals surface area contributed by atoms with Gasteiger partial charge in [0.25, 0.3) is 6.43 Å². The number of fused-ring (bicyclic) bond motifs is 1. The lowest BCUT2D eigenvalue weighted by atomic mass is 9.91. The monoisotopic (exact) mass is 570 g/mol. The molecule has 1 amide bonds. The van der Waals surface area contributed by atoms with Gasteiger partial charge in [-0.15, -0.1) is 0 Å². The minimum Gasteiger partial charge on any atom is -0.404 e. The fourth-order valence-corrected chi connectivity index (χ4v) is 6.61. The van der Waals surface area contributed by atoms with Crippen molar-refractivity contribution in [3.63, 3.8) is 0 Å². The number of allylic oxidation sites excluding steroid dienone is 1. The topological polar surface area (TPSA) is 115 Å². The maximum absolute atomic E-state index is 14.4. The van der Waals surface area contributed by atoms with Crippen LogP contribution in [-0.4, -0.2) is 93.0 Å². The molecular formula is C30H44F2N8O. The Hall–Kier alpha value is -3.02. The van der Waals surface area contributed by atoms with Gasteiger partial charge in [0.2, 0.25) is 5.91 Å². The van der Waals surface area contributed by atoms with Gasteiger partial charge in [0.15, 0.2) is 0 Å². The number of aryl methyl sites for hydroxylation is 1. The molecule has 11 heteroatoms. The van der Waals surface area contributed by atoms with Crippen molar-refractivity contribution in [2.45, 2.75) is 63.7 Å². The smallest absolute Gasteiger partial charge is 0.264 e. The van der Waals surface area contributed by atoms with Gasteiger partial charge in [-0.25, -0.2) is 8.78 Å². The number of benzene rings is 1. The summed E-state index contributed by atoms with van der Waals surface area (Å²) < 4.78 is 28.7. The highest BCUT2D eigenvalue weighted by Gasteiger charge is 2.34. The number of halogens is 2. The molecule has 1 aromatic carbocycles. The summed E-state index contributed by atoms with van der Waals surface area (Å²) in [5, 5.41) is 7.18. The Labute approximate surface area is 241 Å². The number of nitrogens with two attached hydrogens (primary N) is 2. The number of hydrogen-bond donors (Lipinski definition) is 4. The van der Waals surface area contributed by atoms with Crippen LogP contribution in [0.25, 0.3) is 5.57 Å². The second-order valence-corrected chi connectivity index (χ2v) is 11.6. The van der Waals surface area contributed by atoms with Crippen LogP contribution in [0.4, 0.5) is 14.5 Å². The number of amides is 1. The number of hydrogen-bond acceptors (Lipinski definition) is 8. The van der Waals surface area contributed by atoms with E-state index in [0.29, 0.717) is 49.3 Å². The van der Waals surface area contributed by atoms with Gasteiger partial charge in [-0.3, -0.25) is 14.7 Å². The minimum absolute atomic E-state index is 0.0125. The zero-order chi connectivity index (χ0) is 29.1. The first-order valence-electron chi connectivity index (χ1n) is 14.8. The molecule has 1 aromatic rings. The molecule has 5 rings (SSSR count). The molecule has 1 atom stereocenters. The van der Waals surface area contributed by atoms with Crippen molar-refractivity contribution < 1.29 is 13.6 Å². The van der Waals surface area contributed by atoms with Crippen LogP contribution in [0.15, 0.2) is 34.6 Å². The van der Waals surface area contributed by atoms with E-state index in [4.69, 9.17) is 11.5 Å². The highest BCUT2D eigenvalue weighted by atomic mass is 19.3. The lowest BCUT2D eigenvalue weighted by molar-refractivity contribution is -0.128. The van der Waals surface area contributed by atoms with E-state index in [1.54, 1.807) is 20.0 Å². The molecule has 1 unspecified atom stereocenters. The molecule has 4 heterocycles. The number of piperidine rings is 1. The zero-order valence-corrected chi connectivity index (χ0v) is 24.2. The number of nitrogens with zero attached hydrogens (tertiary/aromatic N) is 4. The van der Waals surface area contributed by atoms with Crippen molar-refractivity contribution in [3.8, 4) is 0 Å². The summed E-state index contributed by atoms with van der Waals surface area (Å²) in [5.41, 5.74) is 17.3. The molecule has 9 nitrogen and oxygen atoms in total. The summed E-state index contributed by atoms with van der Waals surface area (Å²) in [5.74, 6) is 0.0125. The van der Waals surface area contributed by atoms with Crippen LogP contribution >= 0.6 is 0 Å². The quantitative estimate of drug-likeness (QED) is 0.354. The van der Waals surface area contributed by atoms with Gasteiger partial charge in [0, 0.05) is 119 Å². The first kappa shape index (κ1) is 29.5. The van der Waals surface area contributed by atoms with Crippen LogP contribution in [-0.2, 0) is 11.2 Å². The molecule has 2 fully saturated rings. The summed E-state index contributed by atoms with van der Waals surface area (Å²) in [6.45, 7) is 7.60. The largest absolute Gasteiger partial charge is 0.404 e. The van der Waals surface area contributed by atoms with E-state index in [1.807, 2.05) is 15.9 Å². The summed E-state index contributed by atoms with van der Waals surface area (Å²) >= 11 is 0. The van der Waals surface area contributed by atoms with Gasteiger partial charge in [-0.05, 0) is 48.9 Å². The molecule has 0 bridgehead atoms. The number of rotatable bonds is 8. The average molecular weight is 571 g/mol. The summed E-state index contributed by atoms with van der Waals surface area (Å²) in [6, 6.07) is 4.40. The van der Waals surface area contributed by atoms with Crippen molar-refractivity contribution in [2.24, 2.45) is 16.5 Å². The lowest BCUT2D eigenvalue weighted by Crippen LogP contribution is -2.60. The fraction of sp³-hybridized carbons (Fsp3) is 0.600. The summed E-state index contributed by atoms with van der Waals surface area (Å²) in [7, 11) is 1.59. The predicted octanol–water partition coefficient (Wildman–Crippen LogP) is 2.19. The van der Waals surface area contributed by atoms with Gasteiger partial charge in [0.1, 0.15) is 6.17 Å². The number of likely N-dealkylation sites (tertiary alicyclic amines) is 1. The number of aliphatic imine (C=N–C) groups is 1. The maximum atomic E-state index is 14.4. The molecule has 4 aliphatic rings. The molecule has 0 aromatic heterocycles. The van der Waals surface area contributed by atoms with E-state index in [1.165, 1.54) is 12.4 Å². The third-order valence-electron chi connectivity index (χ3n) is 9.10. The highest BCUT2D eigenvalue weighted by molar-refractivity contribution is 6.10. The SMILES string of the molecule is CN=CC(=CN)c1cc2c(cc1C(F)F)N(C(N)C1=C(NC3CCN(C4CNC4)CC3)CCN(C(C)=O)C1)CCC2. The zero-order valence-electron chi connectivity index (χ0n) is 24.2. The third kappa shape index (κ3) is 6.27. The van der Waals surface area contributed by atoms with E-state index in [0.717, 1.165) is 74.4 Å². The molecule has 0 saturated carbocycles.